The summed E-state index contributed by atoms with van der Waals surface area (Å²) in [4.78, 5) is 12.5. The number of benzene rings is 3. The van der Waals surface area contributed by atoms with Gasteiger partial charge in [0, 0.05) is 17.3 Å². The third-order valence-electron chi connectivity index (χ3n) is 4.46. The SMILES string of the molecule is CNS(=O)(=O)c1cc(C(=O)Nc2ccc(OC)c(Oc3ccc(OC)cc3)c2)ccc1Cl. The zero-order valence-corrected chi connectivity index (χ0v) is 19.1. The van der Waals surface area contributed by atoms with E-state index in [2.05, 4.69) is 10.0 Å². The maximum absolute atomic E-state index is 12.7. The molecule has 0 spiro atoms. The van der Waals surface area contributed by atoms with E-state index in [0.717, 1.165) is 0 Å². The van der Waals surface area contributed by atoms with Crippen LogP contribution in [0.25, 0.3) is 0 Å². The molecular formula is C22H21ClN2O6S. The van der Waals surface area contributed by atoms with Gasteiger partial charge >= 0.3 is 0 Å². The summed E-state index contributed by atoms with van der Waals surface area (Å²) in [5.41, 5.74) is 0.545. The number of amides is 1. The molecule has 0 saturated carbocycles. The van der Waals surface area contributed by atoms with Crippen LogP contribution in [-0.4, -0.2) is 35.6 Å². The van der Waals surface area contributed by atoms with Gasteiger partial charge in [0.1, 0.15) is 16.4 Å². The zero-order chi connectivity index (χ0) is 23.3. The highest BCUT2D eigenvalue weighted by molar-refractivity contribution is 7.89. The standard InChI is InChI=1S/C22H21ClN2O6S/c1-24-32(27,28)21-12-14(4-10-18(21)23)22(26)25-15-5-11-19(30-3)20(13-15)31-17-8-6-16(29-2)7-9-17/h4-13,24H,1-3H3,(H,25,26). The molecule has 2 N–H and O–H groups in total. The van der Waals surface area contributed by atoms with E-state index in [1.165, 1.54) is 32.4 Å². The summed E-state index contributed by atoms with van der Waals surface area (Å²) in [6, 6.07) is 15.9. The first kappa shape index (κ1) is 23.4. The molecular weight excluding hydrogens is 456 g/mol. The van der Waals surface area contributed by atoms with E-state index in [-0.39, 0.29) is 15.5 Å². The fourth-order valence-electron chi connectivity index (χ4n) is 2.77. The Hall–Kier alpha value is -3.27. The minimum Gasteiger partial charge on any atom is -0.497 e. The number of hydrogen-bond donors (Lipinski definition) is 2. The fourth-order valence-corrected chi connectivity index (χ4v) is 4.02. The van der Waals surface area contributed by atoms with Crippen LogP contribution in [-0.2, 0) is 10.0 Å². The number of carbonyl (C=O) groups excluding carboxylic acids is 1. The van der Waals surface area contributed by atoms with Gasteiger partial charge in [0.25, 0.3) is 5.91 Å². The zero-order valence-electron chi connectivity index (χ0n) is 17.5. The molecule has 0 aliphatic carbocycles. The van der Waals surface area contributed by atoms with Gasteiger partial charge in [-0.25, -0.2) is 13.1 Å². The molecule has 0 fully saturated rings. The average Bonchev–Trinajstić information content (AvgIpc) is 2.80. The lowest BCUT2D eigenvalue weighted by Crippen LogP contribution is -2.20. The number of rotatable bonds is 8. The quantitative estimate of drug-likeness (QED) is 0.502. The molecule has 3 rings (SSSR count). The van der Waals surface area contributed by atoms with E-state index in [0.29, 0.717) is 28.7 Å². The Kier molecular flexibility index (Phi) is 7.24. The van der Waals surface area contributed by atoms with Gasteiger partial charge in [0.2, 0.25) is 10.0 Å². The number of nitrogens with one attached hydrogen (secondary N) is 2. The maximum atomic E-state index is 12.7. The van der Waals surface area contributed by atoms with E-state index < -0.39 is 15.9 Å². The van der Waals surface area contributed by atoms with Crippen LogP contribution in [0, 0.1) is 0 Å². The van der Waals surface area contributed by atoms with Gasteiger partial charge in [-0.2, -0.15) is 0 Å². The molecule has 10 heteroatoms. The molecule has 0 aromatic heterocycles. The van der Waals surface area contributed by atoms with Crippen LogP contribution in [0.15, 0.2) is 65.6 Å². The number of methoxy groups -OCH3 is 2. The van der Waals surface area contributed by atoms with Crippen molar-refractivity contribution >= 4 is 33.2 Å². The Morgan fingerprint density at radius 1 is 0.875 bits per heavy atom. The van der Waals surface area contributed by atoms with Crippen molar-refractivity contribution < 1.29 is 27.4 Å². The summed E-state index contributed by atoms with van der Waals surface area (Å²) < 4.78 is 42.8. The molecule has 0 bridgehead atoms. The minimum atomic E-state index is -3.82. The van der Waals surface area contributed by atoms with E-state index in [9.17, 15) is 13.2 Å². The third kappa shape index (κ3) is 5.31. The minimum absolute atomic E-state index is 0.00975. The average molecular weight is 477 g/mol. The largest absolute Gasteiger partial charge is 0.497 e. The molecule has 0 aliphatic heterocycles. The van der Waals surface area contributed by atoms with Gasteiger partial charge in [-0.3, -0.25) is 4.79 Å². The normalized spacial score (nSPS) is 11.0. The molecule has 1 amide bonds. The molecule has 0 aliphatic rings. The summed E-state index contributed by atoms with van der Waals surface area (Å²) in [7, 11) is 0.522. The predicted molar refractivity (Wildman–Crippen MR) is 122 cm³/mol. The number of carbonyl (C=O) groups is 1. The maximum Gasteiger partial charge on any atom is 0.255 e. The topological polar surface area (TPSA) is 103 Å². The molecule has 0 heterocycles. The first-order valence-electron chi connectivity index (χ1n) is 9.32. The Morgan fingerprint density at radius 3 is 2.19 bits per heavy atom. The van der Waals surface area contributed by atoms with Crippen LogP contribution in [0.4, 0.5) is 5.69 Å². The van der Waals surface area contributed by atoms with Gasteiger partial charge in [-0.1, -0.05) is 11.6 Å². The van der Waals surface area contributed by atoms with Gasteiger partial charge < -0.3 is 19.5 Å². The molecule has 0 atom stereocenters. The Labute approximate surface area is 191 Å². The molecule has 0 unspecified atom stereocenters. The number of anilines is 1. The van der Waals surface area contributed by atoms with E-state index in [1.807, 2.05) is 0 Å². The van der Waals surface area contributed by atoms with Gasteiger partial charge in [-0.05, 0) is 61.6 Å². The molecule has 0 radical (unpaired) electrons. The predicted octanol–water partition coefficient (Wildman–Crippen LogP) is 4.31. The van der Waals surface area contributed by atoms with E-state index >= 15 is 0 Å². The van der Waals surface area contributed by atoms with Crippen LogP contribution in [0.1, 0.15) is 10.4 Å². The Morgan fingerprint density at radius 2 is 1.56 bits per heavy atom. The second-order valence-electron chi connectivity index (χ2n) is 6.45. The lowest BCUT2D eigenvalue weighted by molar-refractivity contribution is 0.102. The Balaban J connectivity index is 1.85. The first-order chi connectivity index (χ1) is 15.3. The monoisotopic (exact) mass is 476 g/mol. The van der Waals surface area contributed by atoms with Gasteiger partial charge in [0.15, 0.2) is 11.5 Å². The van der Waals surface area contributed by atoms with Crippen molar-refractivity contribution in [2.24, 2.45) is 0 Å². The molecule has 168 valence electrons. The summed E-state index contributed by atoms with van der Waals surface area (Å²) in [6.07, 6.45) is 0. The van der Waals surface area contributed by atoms with Gasteiger partial charge in [-0.15, -0.1) is 0 Å². The number of ether oxygens (including phenoxy) is 3. The van der Waals surface area contributed by atoms with Crippen molar-refractivity contribution in [3.63, 3.8) is 0 Å². The fraction of sp³-hybridized carbons (Fsp3) is 0.136. The molecule has 3 aromatic rings. The van der Waals surface area contributed by atoms with E-state index in [1.54, 1.807) is 49.6 Å². The molecule has 32 heavy (non-hydrogen) atoms. The van der Waals surface area contributed by atoms with Crippen molar-refractivity contribution in [2.45, 2.75) is 4.90 Å². The number of halogens is 1. The van der Waals surface area contributed by atoms with Crippen molar-refractivity contribution in [3.8, 4) is 23.0 Å². The highest BCUT2D eigenvalue weighted by Crippen LogP contribution is 2.35. The highest BCUT2D eigenvalue weighted by atomic mass is 35.5. The summed E-state index contributed by atoms with van der Waals surface area (Å²) in [5.74, 6) is 1.56. The van der Waals surface area contributed by atoms with E-state index in [4.69, 9.17) is 25.8 Å². The first-order valence-corrected chi connectivity index (χ1v) is 11.2. The highest BCUT2D eigenvalue weighted by Gasteiger charge is 2.19. The van der Waals surface area contributed by atoms with Crippen LogP contribution in [0.2, 0.25) is 5.02 Å². The molecule has 3 aromatic carbocycles. The third-order valence-corrected chi connectivity index (χ3v) is 6.36. The van der Waals surface area contributed by atoms with Gasteiger partial charge in [0.05, 0.1) is 19.2 Å². The Bertz CT molecular complexity index is 1230. The van der Waals surface area contributed by atoms with Crippen molar-refractivity contribution in [1.82, 2.24) is 4.72 Å². The van der Waals surface area contributed by atoms with Crippen molar-refractivity contribution in [1.29, 1.82) is 0 Å². The van der Waals surface area contributed by atoms with Crippen LogP contribution >= 0.6 is 11.6 Å². The number of sulfonamides is 1. The lowest BCUT2D eigenvalue weighted by Gasteiger charge is -2.13. The molecule has 8 nitrogen and oxygen atoms in total. The van der Waals surface area contributed by atoms with Crippen LogP contribution in [0.3, 0.4) is 0 Å². The lowest BCUT2D eigenvalue weighted by atomic mass is 10.2. The summed E-state index contributed by atoms with van der Waals surface area (Å²) in [6.45, 7) is 0. The summed E-state index contributed by atoms with van der Waals surface area (Å²) >= 11 is 5.99. The second kappa shape index (κ2) is 9.90. The number of hydrogen-bond acceptors (Lipinski definition) is 6. The summed E-state index contributed by atoms with van der Waals surface area (Å²) in [5, 5.41) is 2.73. The second-order valence-corrected chi connectivity index (χ2v) is 8.71. The van der Waals surface area contributed by atoms with Crippen LogP contribution in [0.5, 0.6) is 23.0 Å². The molecule has 0 saturated heterocycles. The van der Waals surface area contributed by atoms with Crippen molar-refractivity contribution in [2.75, 3.05) is 26.6 Å². The smallest absolute Gasteiger partial charge is 0.255 e. The van der Waals surface area contributed by atoms with Crippen molar-refractivity contribution in [3.05, 3.63) is 71.2 Å². The van der Waals surface area contributed by atoms with Crippen LogP contribution < -0.4 is 24.2 Å².